The molecule has 1 atom stereocenters. The lowest BCUT2D eigenvalue weighted by atomic mass is 9.97. The van der Waals surface area contributed by atoms with Crippen LogP contribution in [0.15, 0.2) is 0 Å². The Balaban J connectivity index is 2.66. The molecule has 0 spiro atoms. The molecule has 1 heterocycles. The van der Waals surface area contributed by atoms with Gasteiger partial charge in [-0.1, -0.05) is 0 Å². The van der Waals surface area contributed by atoms with Crippen LogP contribution >= 0.6 is 0 Å². The molecule has 1 aliphatic rings. The number of hydrogen-bond acceptors (Lipinski definition) is 4. The third kappa shape index (κ3) is 2.01. The molecule has 0 aromatic rings. The summed E-state index contributed by atoms with van der Waals surface area (Å²) in [6.07, 6.45) is -0.518. The maximum absolute atomic E-state index is 11.1. The van der Waals surface area contributed by atoms with Crippen molar-refractivity contribution in [3.8, 4) is 0 Å². The van der Waals surface area contributed by atoms with Gasteiger partial charge < -0.3 is 14.7 Å². The molecule has 0 saturated carbocycles. The lowest BCUT2D eigenvalue weighted by molar-refractivity contribution is -0.148. The number of amides is 1. The Hall–Kier alpha value is -1.59. The second kappa shape index (κ2) is 4.08. The standard InChI is InChI=1S/C8H11NO5/c1-14-8(13)9-3-2-6(10)5(4-9)7(11)12/h5H,2-4H2,1H3,(H,11,12). The molecule has 6 nitrogen and oxygen atoms in total. The van der Waals surface area contributed by atoms with E-state index >= 15 is 0 Å². The summed E-state index contributed by atoms with van der Waals surface area (Å²) in [4.78, 5) is 34.0. The lowest BCUT2D eigenvalue weighted by Crippen LogP contribution is -2.46. The van der Waals surface area contributed by atoms with Crippen LogP contribution < -0.4 is 0 Å². The van der Waals surface area contributed by atoms with Gasteiger partial charge in [0.1, 0.15) is 5.92 Å². The zero-order valence-corrected chi connectivity index (χ0v) is 7.73. The molecule has 1 unspecified atom stereocenters. The van der Waals surface area contributed by atoms with Gasteiger partial charge in [0.05, 0.1) is 7.11 Å². The van der Waals surface area contributed by atoms with E-state index in [0.29, 0.717) is 0 Å². The number of carbonyl (C=O) groups excluding carboxylic acids is 2. The van der Waals surface area contributed by atoms with Crippen LogP contribution in [0.25, 0.3) is 0 Å². The Morgan fingerprint density at radius 1 is 1.57 bits per heavy atom. The quantitative estimate of drug-likeness (QED) is 0.590. The maximum Gasteiger partial charge on any atom is 0.409 e. The third-order valence-corrected chi connectivity index (χ3v) is 2.15. The summed E-state index contributed by atoms with van der Waals surface area (Å²) in [5.74, 6) is -2.64. The van der Waals surface area contributed by atoms with Gasteiger partial charge in [-0.05, 0) is 0 Å². The fourth-order valence-corrected chi connectivity index (χ4v) is 1.34. The van der Waals surface area contributed by atoms with E-state index in [-0.39, 0.29) is 25.3 Å². The van der Waals surface area contributed by atoms with Crippen molar-refractivity contribution in [1.29, 1.82) is 0 Å². The van der Waals surface area contributed by atoms with Crippen LogP contribution in [0, 0.1) is 5.92 Å². The fraction of sp³-hybridized carbons (Fsp3) is 0.625. The van der Waals surface area contributed by atoms with Crippen LogP contribution in [-0.4, -0.2) is 48.1 Å². The summed E-state index contributed by atoms with van der Waals surface area (Å²) in [7, 11) is 1.22. The molecular formula is C8H11NO5. The number of ether oxygens (including phenoxy) is 1. The highest BCUT2D eigenvalue weighted by atomic mass is 16.5. The van der Waals surface area contributed by atoms with E-state index in [1.807, 2.05) is 0 Å². The predicted molar refractivity (Wildman–Crippen MR) is 44.7 cm³/mol. The van der Waals surface area contributed by atoms with Crippen LogP contribution in [0.3, 0.4) is 0 Å². The number of piperidine rings is 1. The lowest BCUT2D eigenvalue weighted by Gasteiger charge is -2.28. The van der Waals surface area contributed by atoms with Gasteiger partial charge in [-0.2, -0.15) is 0 Å². The highest BCUT2D eigenvalue weighted by molar-refractivity contribution is 5.99. The molecule has 14 heavy (non-hydrogen) atoms. The minimum absolute atomic E-state index is 0.0755. The number of likely N-dealkylation sites (tertiary alicyclic amines) is 1. The van der Waals surface area contributed by atoms with E-state index in [0.717, 1.165) is 0 Å². The Labute approximate surface area is 80.4 Å². The first-order valence-corrected chi connectivity index (χ1v) is 4.14. The SMILES string of the molecule is COC(=O)N1CCC(=O)C(C(=O)O)C1. The van der Waals surface area contributed by atoms with Gasteiger partial charge in [0.15, 0.2) is 5.78 Å². The minimum atomic E-state index is -1.19. The van der Waals surface area contributed by atoms with Crippen molar-refractivity contribution in [1.82, 2.24) is 4.90 Å². The molecule has 0 aromatic heterocycles. The number of hydrogen-bond donors (Lipinski definition) is 1. The van der Waals surface area contributed by atoms with Gasteiger partial charge in [0.2, 0.25) is 0 Å². The Bertz CT molecular complexity index is 275. The van der Waals surface area contributed by atoms with Crippen molar-refractivity contribution in [2.45, 2.75) is 6.42 Å². The maximum atomic E-state index is 11.1. The molecule has 1 fully saturated rings. The van der Waals surface area contributed by atoms with Gasteiger partial charge in [-0.15, -0.1) is 0 Å². The molecule has 1 saturated heterocycles. The van der Waals surface area contributed by atoms with Crippen molar-refractivity contribution in [3.05, 3.63) is 0 Å². The average molecular weight is 201 g/mol. The molecule has 78 valence electrons. The average Bonchev–Trinajstić information content (AvgIpc) is 2.17. The zero-order valence-electron chi connectivity index (χ0n) is 7.73. The van der Waals surface area contributed by atoms with Crippen molar-refractivity contribution in [2.75, 3.05) is 20.2 Å². The monoisotopic (exact) mass is 201 g/mol. The Morgan fingerprint density at radius 2 is 2.21 bits per heavy atom. The second-order valence-electron chi connectivity index (χ2n) is 3.02. The summed E-state index contributed by atoms with van der Waals surface area (Å²) in [6.45, 7) is 0.135. The van der Waals surface area contributed by atoms with E-state index < -0.39 is 18.0 Å². The highest BCUT2D eigenvalue weighted by Crippen LogP contribution is 2.13. The first-order valence-electron chi connectivity index (χ1n) is 4.14. The van der Waals surface area contributed by atoms with E-state index in [1.165, 1.54) is 12.0 Å². The number of nitrogens with zero attached hydrogens (tertiary/aromatic N) is 1. The Kier molecular flexibility index (Phi) is 3.06. The number of carboxylic acid groups (broad SMARTS) is 1. The molecule has 6 heteroatoms. The van der Waals surface area contributed by atoms with E-state index in [1.54, 1.807) is 0 Å². The predicted octanol–water partition coefficient (Wildman–Crippen LogP) is -0.272. The van der Waals surface area contributed by atoms with Crippen molar-refractivity contribution in [3.63, 3.8) is 0 Å². The first-order chi connectivity index (χ1) is 6.56. The van der Waals surface area contributed by atoms with Crippen LogP contribution in [0.2, 0.25) is 0 Å². The first kappa shape index (κ1) is 10.5. The van der Waals surface area contributed by atoms with E-state index in [2.05, 4.69) is 4.74 Å². The third-order valence-electron chi connectivity index (χ3n) is 2.15. The zero-order chi connectivity index (χ0) is 10.7. The molecule has 0 radical (unpaired) electrons. The molecule has 0 aromatic carbocycles. The summed E-state index contributed by atoms with van der Waals surface area (Å²) >= 11 is 0. The van der Waals surface area contributed by atoms with Crippen molar-refractivity contribution < 1.29 is 24.2 Å². The molecule has 0 aliphatic carbocycles. The fourth-order valence-electron chi connectivity index (χ4n) is 1.34. The molecule has 0 bridgehead atoms. The molecule has 1 rings (SSSR count). The van der Waals surface area contributed by atoms with Gasteiger partial charge in [0, 0.05) is 19.5 Å². The summed E-state index contributed by atoms with van der Waals surface area (Å²) in [5.41, 5.74) is 0. The normalized spacial score (nSPS) is 21.9. The summed E-state index contributed by atoms with van der Waals surface area (Å²) in [5, 5.41) is 8.68. The number of methoxy groups -OCH3 is 1. The second-order valence-corrected chi connectivity index (χ2v) is 3.02. The molecule has 1 N–H and O–H groups in total. The topological polar surface area (TPSA) is 83.9 Å². The Morgan fingerprint density at radius 3 is 2.71 bits per heavy atom. The number of Topliss-reactive ketones (excluding diaryl/α,β-unsaturated/α-hetero) is 1. The van der Waals surface area contributed by atoms with Crippen LogP contribution in [0.1, 0.15) is 6.42 Å². The van der Waals surface area contributed by atoms with Crippen molar-refractivity contribution >= 4 is 17.8 Å². The smallest absolute Gasteiger partial charge is 0.409 e. The van der Waals surface area contributed by atoms with Crippen molar-refractivity contribution in [2.24, 2.45) is 5.92 Å². The molecular weight excluding hydrogens is 190 g/mol. The largest absolute Gasteiger partial charge is 0.481 e. The van der Waals surface area contributed by atoms with E-state index in [9.17, 15) is 14.4 Å². The number of aliphatic carboxylic acids is 1. The number of carboxylic acids is 1. The van der Waals surface area contributed by atoms with Gasteiger partial charge >= 0.3 is 12.1 Å². The highest BCUT2D eigenvalue weighted by Gasteiger charge is 2.34. The van der Waals surface area contributed by atoms with E-state index in [4.69, 9.17) is 5.11 Å². The number of carbonyl (C=O) groups is 3. The molecule has 1 aliphatic heterocycles. The van der Waals surface area contributed by atoms with Crippen LogP contribution in [0.4, 0.5) is 4.79 Å². The summed E-state index contributed by atoms with van der Waals surface area (Å²) < 4.78 is 4.44. The van der Waals surface area contributed by atoms with Crippen LogP contribution in [0.5, 0.6) is 0 Å². The van der Waals surface area contributed by atoms with Gasteiger partial charge in [0.25, 0.3) is 0 Å². The minimum Gasteiger partial charge on any atom is -0.481 e. The number of ketones is 1. The van der Waals surface area contributed by atoms with Crippen LogP contribution in [-0.2, 0) is 14.3 Å². The molecule has 1 amide bonds. The number of rotatable bonds is 1. The van der Waals surface area contributed by atoms with Gasteiger partial charge in [-0.3, -0.25) is 9.59 Å². The van der Waals surface area contributed by atoms with Gasteiger partial charge in [-0.25, -0.2) is 4.79 Å². The summed E-state index contributed by atoms with van der Waals surface area (Å²) in [6, 6.07) is 0.